The summed E-state index contributed by atoms with van der Waals surface area (Å²) in [6.07, 6.45) is 2.95. The van der Waals surface area contributed by atoms with Crippen LogP contribution >= 0.6 is 23.4 Å². The smallest absolute Gasteiger partial charge is 0.257 e. The van der Waals surface area contributed by atoms with Gasteiger partial charge in [-0.2, -0.15) is 0 Å². The minimum atomic E-state index is -0.185. The number of amides is 1. The van der Waals surface area contributed by atoms with Crippen molar-refractivity contribution in [1.29, 1.82) is 0 Å². The molecule has 2 aromatic rings. The van der Waals surface area contributed by atoms with Crippen LogP contribution in [0.15, 0.2) is 47.4 Å². The second-order valence-corrected chi connectivity index (χ2v) is 5.64. The summed E-state index contributed by atoms with van der Waals surface area (Å²) >= 11 is 7.67. The Morgan fingerprint density at radius 2 is 1.90 bits per heavy atom. The van der Waals surface area contributed by atoms with Crippen molar-refractivity contribution in [2.45, 2.75) is 18.2 Å². The summed E-state index contributed by atoms with van der Waals surface area (Å²) in [5.41, 5.74) is 2.52. The first-order valence-corrected chi connectivity index (χ1v) is 7.98. The minimum Gasteiger partial charge on any atom is -0.322 e. The topological polar surface area (TPSA) is 29.1 Å². The molecule has 1 amide bonds. The van der Waals surface area contributed by atoms with E-state index in [1.54, 1.807) is 17.8 Å². The van der Waals surface area contributed by atoms with Crippen LogP contribution in [0, 0.1) is 0 Å². The molecule has 0 atom stereocenters. The van der Waals surface area contributed by atoms with E-state index in [1.165, 1.54) is 5.56 Å². The van der Waals surface area contributed by atoms with Crippen molar-refractivity contribution in [3.63, 3.8) is 0 Å². The molecular formula is C16H16ClNOS. The van der Waals surface area contributed by atoms with E-state index in [0.717, 1.165) is 17.0 Å². The van der Waals surface area contributed by atoms with Crippen molar-refractivity contribution in [1.82, 2.24) is 0 Å². The Bertz CT molecular complexity index is 610. The van der Waals surface area contributed by atoms with Gasteiger partial charge < -0.3 is 5.32 Å². The maximum absolute atomic E-state index is 12.3. The number of anilines is 1. The van der Waals surface area contributed by atoms with Crippen LogP contribution in [0.2, 0.25) is 5.02 Å². The lowest BCUT2D eigenvalue weighted by molar-refractivity contribution is 0.102. The van der Waals surface area contributed by atoms with Crippen molar-refractivity contribution in [2.24, 2.45) is 0 Å². The van der Waals surface area contributed by atoms with Crippen LogP contribution in [0.3, 0.4) is 0 Å². The number of nitrogens with one attached hydrogen (secondary N) is 1. The van der Waals surface area contributed by atoms with Crippen LogP contribution in [0.4, 0.5) is 5.69 Å². The Morgan fingerprint density at radius 3 is 2.50 bits per heavy atom. The first-order chi connectivity index (χ1) is 9.63. The molecule has 1 N–H and O–H groups in total. The van der Waals surface area contributed by atoms with Gasteiger partial charge in [-0.25, -0.2) is 0 Å². The molecule has 0 aliphatic heterocycles. The van der Waals surface area contributed by atoms with E-state index in [9.17, 15) is 4.79 Å². The van der Waals surface area contributed by atoms with E-state index in [1.807, 2.05) is 42.7 Å². The SMILES string of the molecule is CCc1ccc(NC(=O)c2cc(SC)ccc2Cl)cc1. The average Bonchev–Trinajstić information content (AvgIpc) is 2.48. The number of thioether (sulfide) groups is 1. The molecule has 20 heavy (non-hydrogen) atoms. The third-order valence-electron chi connectivity index (χ3n) is 3.04. The third kappa shape index (κ3) is 3.56. The van der Waals surface area contributed by atoms with Gasteiger partial charge >= 0.3 is 0 Å². The Balaban J connectivity index is 2.18. The zero-order chi connectivity index (χ0) is 14.5. The lowest BCUT2D eigenvalue weighted by atomic mass is 10.1. The molecule has 0 unspecified atom stereocenters. The Hall–Kier alpha value is -1.45. The molecule has 0 heterocycles. The van der Waals surface area contributed by atoms with Crippen molar-refractivity contribution in [3.05, 3.63) is 58.6 Å². The van der Waals surface area contributed by atoms with Gasteiger partial charge in [-0.1, -0.05) is 30.7 Å². The van der Waals surface area contributed by atoms with Crippen LogP contribution in [-0.4, -0.2) is 12.2 Å². The Morgan fingerprint density at radius 1 is 1.20 bits per heavy atom. The first-order valence-electron chi connectivity index (χ1n) is 6.38. The quantitative estimate of drug-likeness (QED) is 0.816. The number of carbonyl (C=O) groups is 1. The summed E-state index contributed by atoms with van der Waals surface area (Å²) in [6.45, 7) is 2.10. The minimum absolute atomic E-state index is 0.185. The maximum Gasteiger partial charge on any atom is 0.257 e. The molecule has 2 nitrogen and oxygen atoms in total. The molecule has 0 saturated carbocycles. The molecule has 0 radical (unpaired) electrons. The van der Waals surface area contributed by atoms with E-state index in [2.05, 4.69) is 12.2 Å². The fourth-order valence-corrected chi connectivity index (χ4v) is 2.47. The summed E-state index contributed by atoms with van der Waals surface area (Å²) < 4.78 is 0. The summed E-state index contributed by atoms with van der Waals surface area (Å²) in [7, 11) is 0. The molecule has 0 aliphatic carbocycles. The van der Waals surface area contributed by atoms with Crippen molar-refractivity contribution in [2.75, 3.05) is 11.6 Å². The van der Waals surface area contributed by atoms with E-state index in [0.29, 0.717) is 10.6 Å². The lowest BCUT2D eigenvalue weighted by Gasteiger charge is -2.08. The zero-order valence-electron chi connectivity index (χ0n) is 11.4. The van der Waals surface area contributed by atoms with Crippen molar-refractivity contribution < 1.29 is 4.79 Å². The zero-order valence-corrected chi connectivity index (χ0v) is 13.0. The molecule has 0 aromatic heterocycles. The fraction of sp³-hybridized carbons (Fsp3) is 0.188. The van der Waals surface area contributed by atoms with Crippen LogP contribution in [0.25, 0.3) is 0 Å². The molecule has 4 heteroatoms. The van der Waals surface area contributed by atoms with E-state index in [-0.39, 0.29) is 5.91 Å². The Labute approximate surface area is 128 Å². The predicted octanol–water partition coefficient (Wildman–Crippen LogP) is 4.88. The van der Waals surface area contributed by atoms with Gasteiger partial charge in [0.25, 0.3) is 5.91 Å². The molecule has 0 spiro atoms. The van der Waals surface area contributed by atoms with Gasteiger partial charge in [-0.15, -0.1) is 11.8 Å². The normalized spacial score (nSPS) is 10.3. The van der Waals surface area contributed by atoms with Gasteiger partial charge in [0.05, 0.1) is 10.6 Å². The van der Waals surface area contributed by atoms with E-state index in [4.69, 9.17) is 11.6 Å². The number of carbonyl (C=O) groups excluding carboxylic acids is 1. The van der Waals surface area contributed by atoms with Gasteiger partial charge in [0.15, 0.2) is 0 Å². The van der Waals surface area contributed by atoms with Gasteiger partial charge in [0.2, 0.25) is 0 Å². The van der Waals surface area contributed by atoms with Gasteiger partial charge in [0.1, 0.15) is 0 Å². The fourth-order valence-electron chi connectivity index (χ4n) is 1.83. The summed E-state index contributed by atoms with van der Waals surface area (Å²) in [5, 5.41) is 3.33. The third-order valence-corrected chi connectivity index (χ3v) is 4.09. The largest absolute Gasteiger partial charge is 0.322 e. The number of halogens is 1. The highest BCUT2D eigenvalue weighted by Gasteiger charge is 2.11. The highest BCUT2D eigenvalue weighted by atomic mass is 35.5. The van der Waals surface area contributed by atoms with E-state index < -0.39 is 0 Å². The molecular weight excluding hydrogens is 290 g/mol. The summed E-state index contributed by atoms with van der Waals surface area (Å²) in [6, 6.07) is 13.3. The molecule has 0 bridgehead atoms. The molecule has 0 fully saturated rings. The van der Waals surface area contributed by atoms with Gasteiger partial charge in [-0.05, 0) is 48.6 Å². The highest BCUT2D eigenvalue weighted by molar-refractivity contribution is 7.98. The van der Waals surface area contributed by atoms with Crippen molar-refractivity contribution in [3.8, 4) is 0 Å². The number of aryl methyl sites for hydroxylation is 1. The van der Waals surface area contributed by atoms with E-state index >= 15 is 0 Å². The predicted molar refractivity (Wildman–Crippen MR) is 87.0 cm³/mol. The second kappa shape index (κ2) is 6.82. The monoisotopic (exact) mass is 305 g/mol. The van der Waals surface area contributed by atoms with Crippen LogP contribution < -0.4 is 5.32 Å². The number of rotatable bonds is 4. The molecule has 0 saturated heterocycles. The van der Waals surface area contributed by atoms with Crippen molar-refractivity contribution >= 4 is 35.0 Å². The standard InChI is InChI=1S/C16H16ClNOS/c1-3-11-4-6-12(7-5-11)18-16(19)14-10-13(20-2)8-9-15(14)17/h4-10H,3H2,1-2H3,(H,18,19). The highest BCUT2D eigenvalue weighted by Crippen LogP contribution is 2.24. The van der Waals surface area contributed by atoms with Crippen LogP contribution in [0.5, 0.6) is 0 Å². The summed E-state index contributed by atoms with van der Waals surface area (Å²) in [5.74, 6) is -0.185. The average molecular weight is 306 g/mol. The lowest BCUT2D eigenvalue weighted by Crippen LogP contribution is -2.12. The van der Waals surface area contributed by atoms with Gasteiger partial charge in [-0.3, -0.25) is 4.79 Å². The molecule has 104 valence electrons. The number of benzene rings is 2. The van der Waals surface area contributed by atoms with Crippen LogP contribution in [-0.2, 0) is 6.42 Å². The Kier molecular flexibility index (Phi) is 5.10. The number of hydrogen-bond donors (Lipinski definition) is 1. The second-order valence-electron chi connectivity index (χ2n) is 4.35. The van der Waals surface area contributed by atoms with Gasteiger partial charge in [0, 0.05) is 10.6 Å². The summed E-state index contributed by atoms with van der Waals surface area (Å²) in [4.78, 5) is 13.3. The molecule has 2 rings (SSSR count). The van der Waals surface area contributed by atoms with Crippen LogP contribution in [0.1, 0.15) is 22.8 Å². The molecule has 0 aliphatic rings. The molecule has 2 aromatic carbocycles. The first kappa shape index (κ1) is 14.9. The maximum atomic E-state index is 12.3. The number of hydrogen-bond acceptors (Lipinski definition) is 2.